The molecule has 4 nitrogen and oxygen atoms in total. The molecule has 1 heterocycles. The van der Waals surface area contributed by atoms with Gasteiger partial charge in [0, 0.05) is 19.7 Å². The van der Waals surface area contributed by atoms with E-state index in [0.29, 0.717) is 35.8 Å². The van der Waals surface area contributed by atoms with Gasteiger partial charge in [-0.15, -0.1) is 0 Å². The highest BCUT2D eigenvalue weighted by Gasteiger charge is 2.16. The standard InChI is InChI=1S/C22H28ClNO3/c1-3-25-21-12-18(13-24-14-19-5-4-10-26-19)11-20(23)22(21)27-15-17-8-6-16(2)7-9-17/h6-9,11-12,19,24H,3-5,10,13-15H2,1-2H3/t19-/m1/s1. The van der Waals surface area contributed by atoms with Crippen molar-refractivity contribution in [3.8, 4) is 11.5 Å². The molecule has 0 spiro atoms. The topological polar surface area (TPSA) is 39.7 Å². The molecule has 1 aliphatic heterocycles. The SMILES string of the molecule is CCOc1cc(CNC[C@H]2CCCO2)cc(Cl)c1OCc1ccc(C)cc1. The fourth-order valence-electron chi connectivity index (χ4n) is 3.15. The van der Waals surface area contributed by atoms with Gasteiger partial charge in [-0.1, -0.05) is 41.4 Å². The van der Waals surface area contributed by atoms with Crippen LogP contribution in [0.25, 0.3) is 0 Å². The number of aryl methyl sites for hydroxylation is 1. The highest BCUT2D eigenvalue weighted by atomic mass is 35.5. The minimum atomic E-state index is 0.323. The molecule has 5 heteroatoms. The number of rotatable bonds is 9. The second-order valence-corrected chi connectivity index (χ2v) is 7.29. The van der Waals surface area contributed by atoms with E-state index >= 15 is 0 Å². The van der Waals surface area contributed by atoms with Crippen molar-refractivity contribution in [1.82, 2.24) is 5.32 Å². The average Bonchev–Trinajstić information content (AvgIpc) is 3.16. The van der Waals surface area contributed by atoms with Crippen LogP contribution in [0.3, 0.4) is 0 Å². The summed E-state index contributed by atoms with van der Waals surface area (Å²) in [7, 11) is 0. The van der Waals surface area contributed by atoms with Crippen molar-refractivity contribution in [2.45, 2.75) is 45.9 Å². The van der Waals surface area contributed by atoms with E-state index in [1.165, 1.54) is 5.56 Å². The first-order valence-corrected chi connectivity index (χ1v) is 9.99. The molecule has 0 aromatic heterocycles. The van der Waals surface area contributed by atoms with Crippen LogP contribution < -0.4 is 14.8 Å². The van der Waals surface area contributed by atoms with Crippen LogP contribution in [0.4, 0.5) is 0 Å². The number of hydrogen-bond acceptors (Lipinski definition) is 4. The Morgan fingerprint density at radius 1 is 1.15 bits per heavy atom. The minimum Gasteiger partial charge on any atom is -0.490 e. The fourth-order valence-corrected chi connectivity index (χ4v) is 3.44. The highest BCUT2D eigenvalue weighted by molar-refractivity contribution is 6.32. The summed E-state index contributed by atoms with van der Waals surface area (Å²) >= 11 is 6.51. The lowest BCUT2D eigenvalue weighted by Gasteiger charge is -2.16. The van der Waals surface area contributed by atoms with Crippen LogP contribution >= 0.6 is 11.6 Å². The van der Waals surface area contributed by atoms with Gasteiger partial charge in [0.05, 0.1) is 17.7 Å². The normalized spacial score (nSPS) is 16.5. The van der Waals surface area contributed by atoms with Crippen LogP contribution in [0, 0.1) is 6.92 Å². The van der Waals surface area contributed by atoms with Crippen LogP contribution in [0.5, 0.6) is 11.5 Å². The van der Waals surface area contributed by atoms with Crippen molar-refractivity contribution in [1.29, 1.82) is 0 Å². The maximum Gasteiger partial charge on any atom is 0.180 e. The third-order valence-electron chi connectivity index (χ3n) is 4.60. The maximum absolute atomic E-state index is 6.51. The van der Waals surface area contributed by atoms with E-state index in [0.717, 1.165) is 43.7 Å². The van der Waals surface area contributed by atoms with Crippen LogP contribution in [0.2, 0.25) is 5.02 Å². The van der Waals surface area contributed by atoms with Gasteiger partial charge < -0.3 is 19.5 Å². The molecule has 2 aromatic carbocycles. The predicted octanol–water partition coefficient (Wildman–Crippen LogP) is 4.89. The van der Waals surface area contributed by atoms with E-state index < -0.39 is 0 Å². The molecule has 1 fully saturated rings. The van der Waals surface area contributed by atoms with E-state index in [4.69, 9.17) is 25.8 Å². The first-order valence-electron chi connectivity index (χ1n) is 9.61. The molecular formula is C22H28ClNO3. The first kappa shape index (κ1) is 20.0. The third kappa shape index (κ3) is 5.86. The average molecular weight is 390 g/mol. The molecule has 1 atom stereocenters. The van der Waals surface area contributed by atoms with Gasteiger partial charge in [-0.2, -0.15) is 0 Å². The molecule has 3 rings (SSSR count). The maximum atomic E-state index is 6.51. The van der Waals surface area contributed by atoms with Crippen molar-refractivity contribution in [2.24, 2.45) is 0 Å². The second-order valence-electron chi connectivity index (χ2n) is 6.88. The van der Waals surface area contributed by atoms with Crippen molar-refractivity contribution in [3.05, 3.63) is 58.1 Å². The highest BCUT2D eigenvalue weighted by Crippen LogP contribution is 2.37. The zero-order valence-corrected chi connectivity index (χ0v) is 16.8. The molecule has 0 amide bonds. The summed E-state index contributed by atoms with van der Waals surface area (Å²) < 4.78 is 17.4. The Bertz CT molecular complexity index is 727. The molecular weight excluding hydrogens is 362 g/mol. The van der Waals surface area contributed by atoms with Crippen LogP contribution in [-0.2, 0) is 17.9 Å². The summed E-state index contributed by atoms with van der Waals surface area (Å²) in [5.74, 6) is 1.29. The number of benzene rings is 2. The van der Waals surface area contributed by atoms with Gasteiger partial charge >= 0.3 is 0 Å². The van der Waals surface area contributed by atoms with Gasteiger partial charge in [-0.25, -0.2) is 0 Å². The number of ether oxygens (including phenoxy) is 3. The molecule has 1 aliphatic rings. The molecule has 0 saturated carbocycles. The molecule has 0 radical (unpaired) electrons. The lowest BCUT2D eigenvalue weighted by atomic mass is 10.1. The van der Waals surface area contributed by atoms with Crippen molar-refractivity contribution in [2.75, 3.05) is 19.8 Å². The zero-order chi connectivity index (χ0) is 19.1. The third-order valence-corrected chi connectivity index (χ3v) is 4.88. The molecule has 0 bridgehead atoms. The van der Waals surface area contributed by atoms with Gasteiger partial charge in [0.25, 0.3) is 0 Å². The largest absolute Gasteiger partial charge is 0.490 e. The summed E-state index contributed by atoms with van der Waals surface area (Å²) in [5, 5.41) is 4.01. The lowest BCUT2D eigenvalue weighted by Crippen LogP contribution is -2.25. The molecule has 0 unspecified atom stereocenters. The Balaban J connectivity index is 1.64. The minimum absolute atomic E-state index is 0.323. The predicted molar refractivity (Wildman–Crippen MR) is 109 cm³/mol. The number of hydrogen-bond donors (Lipinski definition) is 1. The summed E-state index contributed by atoms with van der Waals surface area (Å²) in [6.07, 6.45) is 2.60. The second kappa shape index (κ2) is 9.98. The van der Waals surface area contributed by atoms with Crippen LogP contribution in [0.1, 0.15) is 36.5 Å². The van der Waals surface area contributed by atoms with Gasteiger partial charge in [0.1, 0.15) is 6.61 Å². The molecule has 1 N–H and O–H groups in total. The fraction of sp³-hybridized carbons (Fsp3) is 0.455. The summed E-state index contributed by atoms with van der Waals surface area (Å²) in [4.78, 5) is 0. The van der Waals surface area contributed by atoms with Gasteiger partial charge in [0.2, 0.25) is 0 Å². The van der Waals surface area contributed by atoms with E-state index in [1.54, 1.807) is 0 Å². The molecule has 146 valence electrons. The van der Waals surface area contributed by atoms with E-state index in [9.17, 15) is 0 Å². The zero-order valence-electron chi connectivity index (χ0n) is 16.1. The molecule has 1 saturated heterocycles. The molecule has 0 aliphatic carbocycles. The molecule has 2 aromatic rings. The van der Waals surface area contributed by atoms with Gasteiger partial charge in [-0.05, 0) is 49.9 Å². The lowest BCUT2D eigenvalue weighted by molar-refractivity contribution is 0.110. The Kier molecular flexibility index (Phi) is 7.39. The summed E-state index contributed by atoms with van der Waals surface area (Å²) in [6.45, 7) is 7.49. The first-order chi connectivity index (χ1) is 13.2. The Labute approximate surface area is 166 Å². The van der Waals surface area contributed by atoms with E-state index in [2.05, 4.69) is 36.5 Å². The Hall–Kier alpha value is -1.75. The van der Waals surface area contributed by atoms with Crippen LogP contribution in [-0.4, -0.2) is 25.9 Å². The summed E-state index contributed by atoms with van der Waals surface area (Å²) in [5.41, 5.74) is 3.40. The Morgan fingerprint density at radius 2 is 1.96 bits per heavy atom. The van der Waals surface area contributed by atoms with E-state index in [1.807, 2.05) is 19.1 Å². The van der Waals surface area contributed by atoms with Gasteiger partial charge in [-0.3, -0.25) is 0 Å². The van der Waals surface area contributed by atoms with Crippen molar-refractivity contribution >= 4 is 11.6 Å². The monoisotopic (exact) mass is 389 g/mol. The summed E-state index contributed by atoms with van der Waals surface area (Å²) in [6, 6.07) is 12.2. The van der Waals surface area contributed by atoms with Gasteiger partial charge in [0.15, 0.2) is 11.5 Å². The number of halogens is 1. The smallest absolute Gasteiger partial charge is 0.180 e. The van der Waals surface area contributed by atoms with Crippen LogP contribution in [0.15, 0.2) is 36.4 Å². The quantitative estimate of drug-likeness (QED) is 0.662. The molecule has 27 heavy (non-hydrogen) atoms. The van der Waals surface area contributed by atoms with E-state index in [-0.39, 0.29) is 0 Å². The van der Waals surface area contributed by atoms with Crippen molar-refractivity contribution < 1.29 is 14.2 Å². The van der Waals surface area contributed by atoms with Crippen molar-refractivity contribution in [3.63, 3.8) is 0 Å². The Morgan fingerprint density at radius 3 is 2.67 bits per heavy atom. The number of nitrogens with one attached hydrogen (secondary N) is 1.